The number of carbonyl (C=O) groups is 1. The number of likely N-dealkylation sites (tertiary alicyclic amines) is 1. The average Bonchev–Trinajstić information content (AvgIpc) is 2.63. The van der Waals surface area contributed by atoms with Crippen LogP contribution < -0.4 is 0 Å². The molecule has 27 heavy (non-hydrogen) atoms. The maximum Gasteiger partial charge on any atom is 0.416 e. The summed E-state index contributed by atoms with van der Waals surface area (Å²) < 4.78 is 41.8. The highest BCUT2D eigenvalue weighted by Gasteiger charge is 2.41. The van der Waals surface area contributed by atoms with Crippen molar-refractivity contribution in [3.05, 3.63) is 69.7 Å². The van der Waals surface area contributed by atoms with E-state index >= 15 is 0 Å². The van der Waals surface area contributed by atoms with Crippen LogP contribution in [0.4, 0.5) is 13.2 Å². The smallest absolute Gasteiger partial charge is 0.416 e. The predicted octanol–water partition coefficient (Wildman–Crippen LogP) is 5.50. The van der Waals surface area contributed by atoms with Gasteiger partial charge in [0.2, 0.25) is 0 Å². The number of hydrogen-bond acceptors (Lipinski definition) is 2. The maximum absolute atomic E-state index is 13.7. The molecule has 2 unspecified atom stereocenters. The van der Waals surface area contributed by atoms with E-state index in [0.29, 0.717) is 23.0 Å². The number of hydrogen-bond donors (Lipinski definition) is 1. The van der Waals surface area contributed by atoms with Gasteiger partial charge in [0.15, 0.2) is 0 Å². The largest absolute Gasteiger partial charge is 0.480 e. The van der Waals surface area contributed by atoms with Gasteiger partial charge in [0, 0.05) is 4.47 Å². The molecule has 3 rings (SSSR count). The summed E-state index contributed by atoms with van der Waals surface area (Å²) in [5.74, 6) is -1.00. The molecule has 2 atom stereocenters. The summed E-state index contributed by atoms with van der Waals surface area (Å²) in [6.45, 7) is 0.426. The van der Waals surface area contributed by atoms with E-state index in [4.69, 9.17) is 0 Å². The van der Waals surface area contributed by atoms with Crippen LogP contribution in [0.2, 0.25) is 0 Å². The molecule has 2 aromatic carbocycles. The van der Waals surface area contributed by atoms with E-state index in [0.717, 1.165) is 18.9 Å². The first kappa shape index (κ1) is 19.9. The van der Waals surface area contributed by atoms with Crippen molar-refractivity contribution in [3.63, 3.8) is 0 Å². The Morgan fingerprint density at radius 1 is 1.07 bits per heavy atom. The summed E-state index contributed by atoms with van der Waals surface area (Å²) in [5.41, 5.74) is -0.0344. The van der Waals surface area contributed by atoms with Gasteiger partial charge in [-0.3, -0.25) is 9.69 Å². The molecule has 0 radical (unpaired) electrons. The molecule has 3 nitrogen and oxygen atoms in total. The molecule has 1 aliphatic heterocycles. The second-order valence-corrected chi connectivity index (χ2v) is 7.45. The van der Waals surface area contributed by atoms with E-state index < -0.39 is 29.8 Å². The molecule has 2 aromatic rings. The Balaban J connectivity index is 2.21. The Labute approximate surface area is 163 Å². The zero-order chi connectivity index (χ0) is 19.6. The minimum absolute atomic E-state index is 0.0741. The number of carboxylic acids is 1. The Kier molecular flexibility index (Phi) is 5.91. The third-order valence-electron chi connectivity index (χ3n) is 4.92. The number of benzene rings is 2. The molecule has 0 bridgehead atoms. The Morgan fingerprint density at radius 3 is 2.33 bits per heavy atom. The van der Waals surface area contributed by atoms with Gasteiger partial charge in [-0.25, -0.2) is 0 Å². The zero-order valence-corrected chi connectivity index (χ0v) is 16.0. The topological polar surface area (TPSA) is 40.5 Å². The van der Waals surface area contributed by atoms with Crippen LogP contribution in [-0.2, 0) is 11.0 Å². The van der Waals surface area contributed by atoms with Gasteiger partial charge in [-0.1, -0.05) is 58.7 Å². The average molecular weight is 442 g/mol. The van der Waals surface area contributed by atoms with Gasteiger partial charge < -0.3 is 5.11 Å². The molecule has 1 aliphatic rings. The van der Waals surface area contributed by atoms with Gasteiger partial charge >= 0.3 is 12.1 Å². The fraction of sp³-hybridized carbons (Fsp3) is 0.350. The normalized spacial score (nSPS) is 19.6. The van der Waals surface area contributed by atoms with Gasteiger partial charge in [0.1, 0.15) is 6.04 Å². The SMILES string of the molecule is O=C(O)C1CCCCN1C(c1ccccc1Br)c1ccccc1C(F)(F)F. The van der Waals surface area contributed by atoms with Crippen molar-refractivity contribution in [2.24, 2.45) is 0 Å². The van der Waals surface area contributed by atoms with Gasteiger partial charge in [-0.2, -0.15) is 13.2 Å². The zero-order valence-electron chi connectivity index (χ0n) is 14.4. The van der Waals surface area contributed by atoms with E-state index in [-0.39, 0.29) is 5.56 Å². The molecule has 7 heteroatoms. The molecule has 0 saturated carbocycles. The van der Waals surface area contributed by atoms with Crippen molar-refractivity contribution < 1.29 is 23.1 Å². The minimum atomic E-state index is -4.52. The molecule has 1 N–H and O–H groups in total. The molecule has 144 valence electrons. The van der Waals surface area contributed by atoms with Crippen molar-refractivity contribution in [2.75, 3.05) is 6.54 Å². The van der Waals surface area contributed by atoms with Crippen LogP contribution in [0.1, 0.15) is 42.0 Å². The first-order chi connectivity index (χ1) is 12.8. The van der Waals surface area contributed by atoms with Crippen LogP contribution in [0.5, 0.6) is 0 Å². The lowest BCUT2D eigenvalue weighted by molar-refractivity contribution is -0.145. The van der Waals surface area contributed by atoms with Gasteiger partial charge in [0.05, 0.1) is 11.6 Å². The molecule has 0 spiro atoms. The minimum Gasteiger partial charge on any atom is -0.480 e. The van der Waals surface area contributed by atoms with Crippen molar-refractivity contribution in [1.82, 2.24) is 4.90 Å². The Morgan fingerprint density at radius 2 is 1.70 bits per heavy atom. The fourth-order valence-corrected chi connectivity index (χ4v) is 4.24. The Bertz CT molecular complexity index is 825. The molecule has 0 aromatic heterocycles. The standard InChI is InChI=1S/C20H19BrF3NO2/c21-16-10-4-2-8-14(16)18(25-12-6-5-11-17(25)19(26)27)13-7-1-3-9-15(13)20(22,23)24/h1-4,7-10,17-18H,5-6,11-12H2,(H,26,27). The quantitative estimate of drug-likeness (QED) is 0.681. The summed E-state index contributed by atoms with van der Waals surface area (Å²) in [7, 11) is 0. The van der Waals surface area contributed by atoms with Crippen LogP contribution in [0.15, 0.2) is 53.0 Å². The number of carboxylic acid groups (broad SMARTS) is 1. The third kappa shape index (κ3) is 4.19. The summed E-state index contributed by atoms with van der Waals surface area (Å²) in [4.78, 5) is 13.5. The maximum atomic E-state index is 13.7. The summed E-state index contributed by atoms with van der Waals surface area (Å²) in [6.07, 6.45) is -2.61. The lowest BCUT2D eigenvalue weighted by Crippen LogP contribution is -2.47. The number of aliphatic carboxylic acids is 1. The van der Waals surface area contributed by atoms with E-state index in [1.807, 2.05) is 0 Å². The molecule has 0 amide bonds. The van der Waals surface area contributed by atoms with Crippen LogP contribution >= 0.6 is 15.9 Å². The van der Waals surface area contributed by atoms with Crippen molar-refractivity contribution in [1.29, 1.82) is 0 Å². The molecular weight excluding hydrogens is 423 g/mol. The lowest BCUT2D eigenvalue weighted by atomic mass is 9.89. The predicted molar refractivity (Wildman–Crippen MR) is 99.4 cm³/mol. The first-order valence-electron chi connectivity index (χ1n) is 8.70. The number of alkyl halides is 3. The molecule has 1 fully saturated rings. The van der Waals surface area contributed by atoms with Crippen molar-refractivity contribution in [2.45, 2.75) is 37.5 Å². The molecule has 1 heterocycles. The Hall–Kier alpha value is -1.86. The van der Waals surface area contributed by atoms with Crippen LogP contribution in [0.3, 0.4) is 0 Å². The second kappa shape index (κ2) is 8.02. The number of halogens is 4. The first-order valence-corrected chi connectivity index (χ1v) is 9.49. The van der Waals surface area contributed by atoms with Gasteiger partial charge in [-0.15, -0.1) is 0 Å². The monoisotopic (exact) mass is 441 g/mol. The van der Waals surface area contributed by atoms with Crippen molar-refractivity contribution >= 4 is 21.9 Å². The number of rotatable bonds is 4. The van der Waals surface area contributed by atoms with Gasteiger partial charge in [0.25, 0.3) is 0 Å². The highest BCUT2D eigenvalue weighted by molar-refractivity contribution is 9.10. The van der Waals surface area contributed by atoms with Crippen LogP contribution in [0.25, 0.3) is 0 Å². The van der Waals surface area contributed by atoms with Crippen molar-refractivity contribution in [3.8, 4) is 0 Å². The van der Waals surface area contributed by atoms with Gasteiger partial charge in [-0.05, 0) is 42.6 Å². The fourth-order valence-electron chi connectivity index (χ4n) is 3.74. The second-order valence-electron chi connectivity index (χ2n) is 6.60. The van der Waals surface area contributed by atoms with E-state index in [2.05, 4.69) is 15.9 Å². The summed E-state index contributed by atoms with van der Waals surface area (Å²) >= 11 is 3.44. The molecule has 1 saturated heterocycles. The van der Waals surface area contributed by atoms with E-state index in [1.54, 1.807) is 35.2 Å². The highest BCUT2D eigenvalue weighted by Crippen LogP contribution is 2.42. The summed E-state index contributed by atoms with van der Waals surface area (Å²) in [6, 6.07) is 10.8. The van der Waals surface area contributed by atoms with E-state index in [9.17, 15) is 23.1 Å². The third-order valence-corrected chi connectivity index (χ3v) is 5.64. The van der Waals surface area contributed by atoms with Crippen LogP contribution in [0, 0.1) is 0 Å². The number of piperidine rings is 1. The number of nitrogens with zero attached hydrogens (tertiary/aromatic N) is 1. The summed E-state index contributed by atoms with van der Waals surface area (Å²) in [5, 5.41) is 9.67. The van der Waals surface area contributed by atoms with Crippen LogP contribution in [-0.4, -0.2) is 28.6 Å². The van der Waals surface area contributed by atoms with E-state index in [1.165, 1.54) is 12.1 Å². The highest BCUT2D eigenvalue weighted by atomic mass is 79.9. The lowest BCUT2D eigenvalue weighted by Gasteiger charge is -2.40. The molecular formula is C20H19BrF3NO2. The molecule has 0 aliphatic carbocycles.